The highest BCUT2D eigenvalue weighted by atomic mass is 35.5. The van der Waals surface area contributed by atoms with Crippen molar-refractivity contribution in [2.75, 3.05) is 13.1 Å². The Bertz CT molecular complexity index is 467. The number of hydrogen-bond donors (Lipinski definition) is 3. The van der Waals surface area contributed by atoms with Crippen molar-refractivity contribution >= 4 is 35.6 Å². The number of nitrogens with two attached hydrogens (primary N) is 1. The van der Waals surface area contributed by atoms with Gasteiger partial charge in [-0.15, -0.1) is 23.7 Å². The predicted octanol–water partition coefficient (Wildman–Crippen LogP) is 1.92. The molecule has 1 aromatic rings. The first kappa shape index (κ1) is 18.9. The Kier molecular flexibility index (Phi) is 8.45. The van der Waals surface area contributed by atoms with Crippen LogP contribution in [0.2, 0.25) is 0 Å². The molecule has 1 aliphatic rings. The fourth-order valence-electron chi connectivity index (χ4n) is 2.61. The molecule has 0 saturated heterocycles. The third-order valence-electron chi connectivity index (χ3n) is 3.77. The van der Waals surface area contributed by atoms with Crippen molar-refractivity contribution in [3.63, 3.8) is 0 Å². The summed E-state index contributed by atoms with van der Waals surface area (Å²) in [5, 5.41) is 7.66. The lowest BCUT2D eigenvalue weighted by atomic mass is 9.85. The van der Waals surface area contributed by atoms with Crippen molar-refractivity contribution in [1.29, 1.82) is 0 Å². The highest BCUT2D eigenvalue weighted by Crippen LogP contribution is 2.22. The zero-order chi connectivity index (χ0) is 15.1. The average Bonchev–Trinajstić information content (AvgIpc) is 3.00. The normalized spacial score (nSPS) is 20.8. The lowest BCUT2D eigenvalue weighted by molar-refractivity contribution is -0.126. The molecule has 2 amide bonds. The Morgan fingerprint density at radius 3 is 2.73 bits per heavy atom. The van der Waals surface area contributed by atoms with Crippen LogP contribution in [0.4, 0.5) is 0 Å². The van der Waals surface area contributed by atoms with Crippen LogP contribution in [0.1, 0.15) is 41.8 Å². The molecule has 1 heterocycles. The molecule has 1 aliphatic carbocycles. The van der Waals surface area contributed by atoms with Crippen LogP contribution in [-0.2, 0) is 4.79 Å². The summed E-state index contributed by atoms with van der Waals surface area (Å²) in [4.78, 5) is 24.4. The van der Waals surface area contributed by atoms with Gasteiger partial charge >= 0.3 is 0 Å². The molecular formula is C15H24ClN3O2S. The van der Waals surface area contributed by atoms with Gasteiger partial charge < -0.3 is 16.4 Å². The summed E-state index contributed by atoms with van der Waals surface area (Å²) < 4.78 is 0. The van der Waals surface area contributed by atoms with Crippen LogP contribution in [-0.4, -0.2) is 30.9 Å². The molecule has 1 saturated carbocycles. The summed E-state index contributed by atoms with van der Waals surface area (Å²) in [6.45, 7) is 1.16. The molecule has 0 aliphatic heterocycles. The minimum absolute atomic E-state index is 0. The topological polar surface area (TPSA) is 84.2 Å². The molecule has 0 radical (unpaired) electrons. The van der Waals surface area contributed by atoms with Crippen LogP contribution >= 0.6 is 23.7 Å². The first-order chi connectivity index (χ1) is 10.2. The number of rotatable bonds is 6. The van der Waals surface area contributed by atoms with Gasteiger partial charge in [-0.3, -0.25) is 9.59 Å². The Balaban J connectivity index is 0.00000242. The Morgan fingerprint density at radius 1 is 1.27 bits per heavy atom. The van der Waals surface area contributed by atoms with E-state index in [1.54, 1.807) is 6.07 Å². The summed E-state index contributed by atoms with van der Waals surface area (Å²) in [6, 6.07) is 3.82. The van der Waals surface area contributed by atoms with E-state index in [2.05, 4.69) is 10.6 Å². The minimum Gasteiger partial charge on any atom is -0.356 e. The number of halogens is 1. The average molecular weight is 346 g/mol. The maximum absolute atomic E-state index is 12.0. The second kappa shape index (κ2) is 9.82. The van der Waals surface area contributed by atoms with Crippen molar-refractivity contribution < 1.29 is 9.59 Å². The number of hydrogen-bond acceptors (Lipinski definition) is 4. The SMILES string of the molecule is Cl.NC1CCCC(C(=O)NCCCNC(=O)c2cccs2)C1. The summed E-state index contributed by atoms with van der Waals surface area (Å²) >= 11 is 1.43. The van der Waals surface area contributed by atoms with E-state index in [1.807, 2.05) is 11.4 Å². The molecule has 22 heavy (non-hydrogen) atoms. The summed E-state index contributed by atoms with van der Waals surface area (Å²) in [6.07, 6.45) is 4.53. The quantitative estimate of drug-likeness (QED) is 0.689. The lowest BCUT2D eigenvalue weighted by Gasteiger charge is -2.25. The van der Waals surface area contributed by atoms with Crippen molar-refractivity contribution in [2.24, 2.45) is 11.7 Å². The number of carbonyl (C=O) groups excluding carboxylic acids is 2. The van der Waals surface area contributed by atoms with Gasteiger partial charge in [-0.05, 0) is 37.1 Å². The van der Waals surface area contributed by atoms with E-state index in [0.29, 0.717) is 13.1 Å². The van der Waals surface area contributed by atoms with E-state index in [0.717, 1.165) is 37.0 Å². The summed E-state index contributed by atoms with van der Waals surface area (Å²) in [7, 11) is 0. The standard InChI is InChI=1S/C15H23N3O2S.ClH/c16-12-5-1-4-11(10-12)14(19)17-7-3-8-18-15(20)13-6-2-9-21-13;/h2,6,9,11-12H,1,3-5,7-8,10,16H2,(H,17,19)(H,18,20);1H. The molecule has 1 aromatic heterocycles. The van der Waals surface area contributed by atoms with Gasteiger partial charge in [-0.1, -0.05) is 12.5 Å². The first-order valence-electron chi connectivity index (χ1n) is 7.52. The van der Waals surface area contributed by atoms with E-state index in [-0.39, 0.29) is 36.2 Å². The zero-order valence-electron chi connectivity index (χ0n) is 12.5. The molecule has 0 spiro atoms. The molecule has 0 bridgehead atoms. The molecule has 1 fully saturated rings. The van der Waals surface area contributed by atoms with Crippen LogP contribution in [0.15, 0.2) is 17.5 Å². The third-order valence-corrected chi connectivity index (χ3v) is 4.64. The molecule has 2 atom stereocenters. The van der Waals surface area contributed by atoms with Gasteiger partial charge in [0.1, 0.15) is 0 Å². The lowest BCUT2D eigenvalue weighted by Crippen LogP contribution is -2.38. The largest absolute Gasteiger partial charge is 0.356 e. The van der Waals surface area contributed by atoms with Crippen LogP contribution in [0, 0.1) is 5.92 Å². The van der Waals surface area contributed by atoms with Crippen LogP contribution < -0.4 is 16.4 Å². The second-order valence-corrected chi connectivity index (χ2v) is 6.45. The summed E-state index contributed by atoms with van der Waals surface area (Å²) in [5.74, 6) is 0.124. The van der Waals surface area contributed by atoms with E-state index in [1.165, 1.54) is 11.3 Å². The third kappa shape index (κ3) is 5.94. The van der Waals surface area contributed by atoms with E-state index in [9.17, 15) is 9.59 Å². The molecule has 4 N–H and O–H groups in total. The monoisotopic (exact) mass is 345 g/mol. The second-order valence-electron chi connectivity index (χ2n) is 5.50. The van der Waals surface area contributed by atoms with Gasteiger partial charge in [0.25, 0.3) is 5.91 Å². The van der Waals surface area contributed by atoms with Crippen LogP contribution in [0.5, 0.6) is 0 Å². The Hall–Kier alpha value is -1.11. The number of carbonyl (C=O) groups is 2. The predicted molar refractivity (Wildman–Crippen MR) is 91.5 cm³/mol. The maximum Gasteiger partial charge on any atom is 0.261 e. The molecule has 2 unspecified atom stereocenters. The van der Waals surface area contributed by atoms with Gasteiger partial charge in [-0.25, -0.2) is 0 Å². The van der Waals surface area contributed by atoms with Gasteiger partial charge in [0.05, 0.1) is 4.88 Å². The fraction of sp³-hybridized carbons (Fsp3) is 0.600. The highest BCUT2D eigenvalue weighted by Gasteiger charge is 2.24. The molecule has 124 valence electrons. The fourth-order valence-corrected chi connectivity index (χ4v) is 3.25. The molecule has 5 nitrogen and oxygen atoms in total. The summed E-state index contributed by atoms with van der Waals surface area (Å²) in [5.41, 5.74) is 5.89. The van der Waals surface area contributed by atoms with Crippen LogP contribution in [0.3, 0.4) is 0 Å². The van der Waals surface area contributed by atoms with Crippen molar-refractivity contribution in [2.45, 2.75) is 38.1 Å². The minimum atomic E-state index is -0.0467. The van der Waals surface area contributed by atoms with E-state index in [4.69, 9.17) is 5.73 Å². The van der Waals surface area contributed by atoms with Crippen molar-refractivity contribution in [3.05, 3.63) is 22.4 Å². The zero-order valence-corrected chi connectivity index (χ0v) is 14.2. The molecule has 7 heteroatoms. The van der Waals surface area contributed by atoms with Gasteiger partial charge in [0, 0.05) is 25.0 Å². The number of amides is 2. The first-order valence-corrected chi connectivity index (χ1v) is 8.40. The van der Waals surface area contributed by atoms with Gasteiger partial charge in [-0.2, -0.15) is 0 Å². The Labute approximate surface area is 141 Å². The molecular weight excluding hydrogens is 322 g/mol. The van der Waals surface area contributed by atoms with Crippen molar-refractivity contribution in [3.8, 4) is 0 Å². The molecule has 2 rings (SSSR count). The van der Waals surface area contributed by atoms with Crippen LogP contribution in [0.25, 0.3) is 0 Å². The maximum atomic E-state index is 12.0. The highest BCUT2D eigenvalue weighted by molar-refractivity contribution is 7.12. The van der Waals surface area contributed by atoms with E-state index < -0.39 is 0 Å². The van der Waals surface area contributed by atoms with Gasteiger partial charge in [0.15, 0.2) is 0 Å². The molecule has 0 aromatic carbocycles. The number of thiophene rings is 1. The number of nitrogens with one attached hydrogen (secondary N) is 2. The van der Waals surface area contributed by atoms with Gasteiger partial charge in [0.2, 0.25) is 5.91 Å². The Morgan fingerprint density at radius 2 is 2.05 bits per heavy atom. The van der Waals surface area contributed by atoms with E-state index >= 15 is 0 Å². The smallest absolute Gasteiger partial charge is 0.261 e. The van der Waals surface area contributed by atoms with Crippen molar-refractivity contribution in [1.82, 2.24) is 10.6 Å².